The summed E-state index contributed by atoms with van der Waals surface area (Å²) < 4.78 is 11.0. The zero-order chi connectivity index (χ0) is 15.1. The number of benzene rings is 1. The quantitative estimate of drug-likeness (QED) is 0.811. The van der Waals surface area contributed by atoms with Gasteiger partial charge in [-0.3, -0.25) is 0 Å². The lowest BCUT2D eigenvalue weighted by molar-refractivity contribution is 0.00301. The minimum Gasteiger partial charge on any atom is -0.389 e. The lowest BCUT2D eigenvalue weighted by Crippen LogP contribution is -2.51. The van der Waals surface area contributed by atoms with Crippen molar-refractivity contribution in [3.8, 4) is 0 Å². The molecule has 1 aromatic rings. The van der Waals surface area contributed by atoms with E-state index >= 15 is 0 Å². The molecular formula is C16H24ClNO3. The summed E-state index contributed by atoms with van der Waals surface area (Å²) >= 11 is 5.82. The summed E-state index contributed by atoms with van der Waals surface area (Å²) in [5.74, 6) is 0. The minimum absolute atomic E-state index is 0.0323. The second kappa shape index (κ2) is 8.11. The molecule has 5 heteroatoms. The van der Waals surface area contributed by atoms with Gasteiger partial charge in [0.2, 0.25) is 0 Å². The molecule has 0 radical (unpaired) electrons. The summed E-state index contributed by atoms with van der Waals surface area (Å²) in [5, 5.41) is 14.1. The van der Waals surface area contributed by atoms with Gasteiger partial charge in [0.05, 0.1) is 25.9 Å². The Morgan fingerprint density at radius 2 is 2.19 bits per heavy atom. The van der Waals surface area contributed by atoms with E-state index in [2.05, 4.69) is 12.2 Å². The van der Waals surface area contributed by atoms with Gasteiger partial charge in [-0.15, -0.1) is 0 Å². The highest BCUT2D eigenvalue weighted by Gasteiger charge is 2.27. The number of hydrogen-bond donors (Lipinski definition) is 2. The smallest absolute Gasteiger partial charge is 0.0898 e. The topological polar surface area (TPSA) is 50.7 Å². The van der Waals surface area contributed by atoms with Crippen molar-refractivity contribution in [3.05, 3.63) is 34.9 Å². The zero-order valence-corrected chi connectivity index (χ0v) is 13.2. The molecular weight excluding hydrogens is 290 g/mol. The number of β-amino-alcohol motifs (C(OH)–C–C–N with tert-alkyl or cyclic N) is 1. The molecule has 2 atom stereocenters. The number of halogens is 1. The van der Waals surface area contributed by atoms with Crippen molar-refractivity contribution in [1.82, 2.24) is 5.32 Å². The van der Waals surface area contributed by atoms with E-state index in [4.69, 9.17) is 21.1 Å². The number of rotatable bonds is 7. The number of hydrogen-bond acceptors (Lipinski definition) is 4. The van der Waals surface area contributed by atoms with Crippen molar-refractivity contribution in [2.45, 2.75) is 38.0 Å². The van der Waals surface area contributed by atoms with E-state index < -0.39 is 6.10 Å². The summed E-state index contributed by atoms with van der Waals surface area (Å²) in [6, 6.07) is 7.52. The van der Waals surface area contributed by atoms with Crippen LogP contribution < -0.4 is 5.32 Å². The molecule has 0 saturated carbocycles. The molecule has 1 saturated heterocycles. The first-order valence-corrected chi connectivity index (χ1v) is 7.78. The average Bonchev–Trinajstić information content (AvgIpc) is 2.48. The van der Waals surface area contributed by atoms with Gasteiger partial charge >= 0.3 is 0 Å². The largest absolute Gasteiger partial charge is 0.389 e. The summed E-state index contributed by atoms with van der Waals surface area (Å²) in [5.41, 5.74) is 1.02. The molecule has 1 heterocycles. The fourth-order valence-electron chi connectivity index (χ4n) is 2.39. The molecule has 1 aliphatic rings. The fourth-order valence-corrected chi connectivity index (χ4v) is 2.52. The van der Waals surface area contributed by atoms with Crippen LogP contribution in [-0.2, 0) is 16.1 Å². The molecule has 0 bridgehead atoms. The predicted octanol–water partition coefficient (Wildman–Crippen LogP) is 2.38. The van der Waals surface area contributed by atoms with E-state index in [1.165, 1.54) is 0 Å². The predicted molar refractivity (Wildman–Crippen MR) is 83.6 cm³/mol. The van der Waals surface area contributed by atoms with Crippen LogP contribution in [0.2, 0.25) is 5.02 Å². The maximum atomic E-state index is 9.97. The molecule has 4 nitrogen and oxygen atoms in total. The summed E-state index contributed by atoms with van der Waals surface area (Å²) in [6.07, 6.45) is 1.62. The molecule has 0 spiro atoms. The van der Waals surface area contributed by atoms with E-state index in [9.17, 15) is 5.11 Å². The first kappa shape index (κ1) is 16.7. The van der Waals surface area contributed by atoms with Crippen LogP contribution in [0, 0.1) is 0 Å². The third-order valence-corrected chi connectivity index (χ3v) is 3.95. The Bertz CT molecular complexity index is 418. The van der Waals surface area contributed by atoms with Gasteiger partial charge in [-0.05, 0) is 37.5 Å². The Morgan fingerprint density at radius 1 is 1.43 bits per heavy atom. The molecule has 0 aromatic heterocycles. The zero-order valence-electron chi connectivity index (χ0n) is 12.5. The second-order valence-corrected chi connectivity index (χ2v) is 6.33. The minimum atomic E-state index is -0.518. The molecule has 1 aromatic carbocycles. The summed E-state index contributed by atoms with van der Waals surface area (Å²) in [6.45, 7) is 4.98. The maximum Gasteiger partial charge on any atom is 0.0898 e. The summed E-state index contributed by atoms with van der Waals surface area (Å²) in [7, 11) is 0. The van der Waals surface area contributed by atoms with E-state index in [0.717, 1.165) is 25.0 Å². The van der Waals surface area contributed by atoms with Crippen molar-refractivity contribution < 1.29 is 14.6 Å². The van der Waals surface area contributed by atoms with Crippen molar-refractivity contribution in [2.24, 2.45) is 0 Å². The summed E-state index contributed by atoms with van der Waals surface area (Å²) in [4.78, 5) is 0. The van der Waals surface area contributed by atoms with E-state index in [1.54, 1.807) is 0 Å². The molecule has 118 valence electrons. The molecule has 0 aliphatic carbocycles. The highest BCUT2D eigenvalue weighted by atomic mass is 35.5. The Morgan fingerprint density at radius 3 is 2.86 bits per heavy atom. The van der Waals surface area contributed by atoms with Crippen LogP contribution >= 0.6 is 11.6 Å². The average molecular weight is 314 g/mol. The van der Waals surface area contributed by atoms with Crippen LogP contribution in [0.4, 0.5) is 0 Å². The van der Waals surface area contributed by atoms with Gasteiger partial charge in [-0.25, -0.2) is 0 Å². The molecule has 1 fully saturated rings. The normalized spacial score (nSPS) is 24.0. The molecule has 1 aliphatic heterocycles. The third kappa shape index (κ3) is 5.93. The van der Waals surface area contributed by atoms with Crippen LogP contribution in [0.15, 0.2) is 24.3 Å². The van der Waals surface area contributed by atoms with Crippen molar-refractivity contribution in [2.75, 3.05) is 26.4 Å². The van der Waals surface area contributed by atoms with Crippen LogP contribution in [0.1, 0.15) is 25.3 Å². The number of aliphatic hydroxyl groups excluding tert-OH is 1. The van der Waals surface area contributed by atoms with Gasteiger partial charge in [0, 0.05) is 23.7 Å². The SMILES string of the molecule is CC1(NCC(O)COCc2ccc(Cl)cc2)CCCOC1. The van der Waals surface area contributed by atoms with Gasteiger partial charge in [-0.2, -0.15) is 0 Å². The molecule has 0 amide bonds. The van der Waals surface area contributed by atoms with Crippen molar-refractivity contribution in [3.63, 3.8) is 0 Å². The fraction of sp³-hybridized carbons (Fsp3) is 0.625. The first-order chi connectivity index (χ1) is 10.1. The van der Waals surface area contributed by atoms with E-state index in [0.29, 0.717) is 31.4 Å². The molecule has 21 heavy (non-hydrogen) atoms. The van der Waals surface area contributed by atoms with Crippen molar-refractivity contribution in [1.29, 1.82) is 0 Å². The van der Waals surface area contributed by atoms with Gasteiger partial charge in [0.15, 0.2) is 0 Å². The Hall–Kier alpha value is -0.650. The highest BCUT2D eigenvalue weighted by Crippen LogP contribution is 2.18. The molecule has 2 rings (SSSR count). The van der Waals surface area contributed by atoms with Crippen LogP contribution in [0.5, 0.6) is 0 Å². The lowest BCUT2D eigenvalue weighted by atomic mass is 9.95. The van der Waals surface area contributed by atoms with E-state index in [1.807, 2.05) is 24.3 Å². The number of nitrogens with one attached hydrogen (secondary N) is 1. The van der Waals surface area contributed by atoms with Crippen LogP contribution in [0.3, 0.4) is 0 Å². The Balaban J connectivity index is 1.63. The van der Waals surface area contributed by atoms with Crippen LogP contribution in [0.25, 0.3) is 0 Å². The number of aliphatic hydroxyl groups is 1. The van der Waals surface area contributed by atoms with Crippen LogP contribution in [-0.4, -0.2) is 43.1 Å². The lowest BCUT2D eigenvalue weighted by Gasteiger charge is -2.35. The molecule has 2 N–H and O–H groups in total. The monoisotopic (exact) mass is 313 g/mol. The Kier molecular flexibility index (Phi) is 6.45. The highest BCUT2D eigenvalue weighted by molar-refractivity contribution is 6.30. The molecule has 2 unspecified atom stereocenters. The van der Waals surface area contributed by atoms with E-state index in [-0.39, 0.29) is 5.54 Å². The van der Waals surface area contributed by atoms with Crippen molar-refractivity contribution >= 4 is 11.6 Å². The second-order valence-electron chi connectivity index (χ2n) is 5.89. The van der Waals surface area contributed by atoms with Gasteiger partial charge in [0.25, 0.3) is 0 Å². The van der Waals surface area contributed by atoms with Gasteiger partial charge < -0.3 is 19.9 Å². The third-order valence-electron chi connectivity index (χ3n) is 3.69. The van der Waals surface area contributed by atoms with Gasteiger partial charge in [-0.1, -0.05) is 23.7 Å². The van der Waals surface area contributed by atoms with Gasteiger partial charge in [0.1, 0.15) is 0 Å². The number of ether oxygens (including phenoxy) is 2. The standard InChI is InChI=1S/C16H24ClNO3/c1-16(7-2-8-20-12-16)18-9-15(19)11-21-10-13-3-5-14(17)6-4-13/h3-6,15,18-19H,2,7-12H2,1H3. The first-order valence-electron chi connectivity index (χ1n) is 7.40. The Labute approximate surface area is 131 Å². The maximum absolute atomic E-state index is 9.97.